The number of rotatable bonds is 7. The largest absolute Gasteiger partial charge is 0.493 e. The normalized spacial score (nSPS) is 9.71. The van der Waals surface area contributed by atoms with Crippen LogP contribution >= 0.6 is 0 Å². The summed E-state index contributed by atoms with van der Waals surface area (Å²) in [4.78, 5) is 0. The number of hydrogen-bond donors (Lipinski definition) is 1. The Bertz CT molecular complexity index is 603. The van der Waals surface area contributed by atoms with Crippen LogP contribution in [0.4, 0.5) is 5.69 Å². The van der Waals surface area contributed by atoms with Crippen LogP contribution in [0.3, 0.4) is 0 Å². The Hall–Kier alpha value is -2.67. The highest BCUT2D eigenvalue weighted by Gasteiger charge is 2.01. The summed E-state index contributed by atoms with van der Waals surface area (Å²) >= 11 is 0. The fourth-order valence-electron chi connectivity index (χ4n) is 1.93. The van der Waals surface area contributed by atoms with Gasteiger partial charge in [-0.15, -0.1) is 0 Å². The summed E-state index contributed by atoms with van der Waals surface area (Å²) in [5.41, 5.74) is 2.04. The molecular formula is C17H18N2O2. The first-order valence-electron chi connectivity index (χ1n) is 6.79. The lowest BCUT2D eigenvalue weighted by atomic mass is 10.1. The lowest BCUT2D eigenvalue weighted by molar-refractivity contribution is 0.306. The number of methoxy groups -OCH3 is 1. The fourth-order valence-corrected chi connectivity index (χ4v) is 1.93. The molecule has 21 heavy (non-hydrogen) atoms. The molecule has 0 unspecified atom stereocenters. The number of nitriles is 1. The number of hydrogen-bond acceptors (Lipinski definition) is 4. The van der Waals surface area contributed by atoms with Crippen molar-refractivity contribution in [2.45, 2.75) is 6.42 Å². The van der Waals surface area contributed by atoms with E-state index in [-0.39, 0.29) is 0 Å². The van der Waals surface area contributed by atoms with E-state index in [0.717, 1.165) is 22.7 Å². The quantitative estimate of drug-likeness (QED) is 0.792. The molecule has 0 aliphatic heterocycles. The van der Waals surface area contributed by atoms with Crippen molar-refractivity contribution in [2.75, 3.05) is 25.6 Å². The van der Waals surface area contributed by atoms with E-state index in [4.69, 9.17) is 14.7 Å². The molecule has 0 atom stereocenters. The highest BCUT2D eigenvalue weighted by molar-refractivity contribution is 5.45. The summed E-state index contributed by atoms with van der Waals surface area (Å²) in [7, 11) is 1.63. The van der Waals surface area contributed by atoms with Crippen molar-refractivity contribution in [3.63, 3.8) is 0 Å². The first kappa shape index (κ1) is 14.7. The van der Waals surface area contributed by atoms with Crippen LogP contribution in [0, 0.1) is 11.3 Å². The smallest absolute Gasteiger partial charge is 0.161 e. The van der Waals surface area contributed by atoms with Gasteiger partial charge in [0.2, 0.25) is 0 Å². The van der Waals surface area contributed by atoms with Crippen molar-refractivity contribution < 1.29 is 9.47 Å². The molecule has 0 aliphatic carbocycles. The topological polar surface area (TPSA) is 54.3 Å². The second-order valence-electron chi connectivity index (χ2n) is 4.46. The summed E-state index contributed by atoms with van der Waals surface area (Å²) in [6.07, 6.45) is 0.442. The number of benzene rings is 2. The summed E-state index contributed by atoms with van der Waals surface area (Å²) in [6.45, 7) is 1.23. The molecule has 4 nitrogen and oxygen atoms in total. The fraction of sp³-hybridized carbons (Fsp3) is 0.235. The van der Waals surface area contributed by atoms with Crippen LogP contribution in [0.5, 0.6) is 11.5 Å². The van der Waals surface area contributed by atoms with Gasteiger partial charge in [0.25, 0.3) is 0 Å². The maximum absolute atomic E-state index is 8.62. The molecule has 0 spiro atoms. The Labute approximate surface area is 124 Å². The molecule has 0 aromatic heterocycles. The van der Waals surface area contributed by atoms with Gasteiger partial charge in [-0.1, -0.05) is 24.3 Å². The predicted octanol–water partition coefficient (Wildman–Crippen LogP) is 3.25. The third kappa shape index (κ3) is 4.43. The third-order valence-corrected chi connectivity index (χ3v) is 2.99. The number of ether oxygens (including phenoxy) is 2. The molecule has 108 valence electrons. The standard InChI is InChI=1S/C17H18N2O2/c1-20-16-4-2-3-5-17(16)21-13-12-19-15-8-6-14(7-9-15)10-11-18/h2-9,19H,10,12-13H2,1H3. The van der Waals surface area contributed by atoms with Crippen molar-refractivity contribution in [1.82, 2.24) is 0 Å². The van der Waals surface area contributed by atoms with E-state index in [1.165, 1.54) is 0 Å². The van der Waals surface area contributed by atoms with E-state index in [9.17, 15) is 0 Å². The third-order valence-electron chi connectivity index (χ3n) is 2.99. The highest BCUT2D eigenvalue weighted by atomic mass is 16.5. The molecule has 0 radical (unpaired) electrons. The van der Waals surface area contributed by atoms with Crippen molar-refractivity contribution in [1.29, 1.82) is 5.26 Å². The zero-order valence-electron chi connectivity index (χ0n) is 12.0. The number of anilines is 1. The van der Waals surface area contributed by atoms with Crippen molar-refractivity contribution in [3.8, 4) is 17.6 Å². The minimum absolute atomic E-state index is 0.442. The van der Waals surface area contributed by atoms with Crippen molar-refractivity contribution in [2.24, 2.45) is 0 Å². The van der Waals surface area contributed by atoms with Crippen LogP contribution in [-0.4, -0.2) is 20.3 Å². The SMILES string of the molecule is COc1ccccc1OCCNc1ccc(CC#N)cc1. The minimum Gasteiger partial charge on any atom is -0.493 e. The second kappa shape index (κ2) is 7.81. The first-order valence-corrected chi connectivity index (χ1v) is 6.79. The lowest BCUT2D eigenvalue weighted by Crippen LogP contribution is -2.11. The highest BCUT2D eigenvalue weighted by Crippen LogP contribution is 2.25. The summed E-state index contributed by atoms with van der Waals surface area (Å²) in [5, 5.41) is 11.9. The molecule has 0 saturated heterocycles. The van der Waals surface area contributed by atoms with Gasteiger partial charge in [-0.2, -0.15) is 5.26 Å². The van der Waals surface area contributed by atoms with E-state index in [2.05, 4.69) is 11.4 Å². The van der Waals surface area contributed by atoms with E-state index < -0.39 is 0 Å². The van der Waals surface area contributed by atoms with Gasteiger partial charge >= 0.3 is 0 Å². The second-order valence-corrected chi connectivity index (χ2v) is 4.46. The Balaban J connectivity index is 1.78. The lowest BCUT2D eigenvalue weighted by Gasteiger charge is -2.11. The molecule has 2 aromatic carbocycles. The van der Waals surface area contributed by atoms with Gasteiger partial charge in [0, 0.05) is 12.2 Å². The van der Waals surface area contributed by atoms with Gasteiger partial charge < -0.3 is 14.8 Å². The van der Waals surface area contributed by atoms with Crippen LogP contribution in [0.25, 0.3) is 0 Å². The number of para-hydroxylation sites is 2. The molecule has 4 heteroatoms. The molecular weight excluding hydrogens is 264 g/mol. The van der Waals surface area contributed by atoms with Crippen LogP contribution in [0.1, 0.15) is 5.56 Å². The summed E-state index contributed by atoms with van der Waals surface area (Å²) in [6, 6.07) is 17.6. The average molecular weight is 282 g/mol. The maximum atomic E-state index is 8.62. The zero-order chi connectivity index (χ0) is 14.9. The Morgan fingerprint density at radius 2 is 1.76 bits per heavy atom. The van der Waals surface area contributed by atoms with Gasteiger partial charge in [0.05, 0.1) is 19.6 Å². The molecule has 2 rings (SSSR count). The van der Waals surface area contributed by atoms with Gasteiger partial charge in [-0.3, -0.25) is 0 Å². The van der Waals surface area contributed by atoms with E-state index in [0.29, 0.717) is 19.6 Å². The summed E-state index contributed by atoms with van der Waals surface area (Å²) in [5.74, 6) is 1.48. The van der Waals surface area contributed by atoms with E-state index in [1.54, 1.807) is 7.11 Å². The number of nitrogens with zero attached hydrogens (tertiary/aromatic N) is 1. The monoisotopic (exact) mass is 282 g/mol. The molecule has 0 fully saturated rings. The van der Waals surface area contributed by atoms with Crippen LogP contribution in [0.15, 0.2) is 48.5 Å². The van der Waals surface area contributed by atoms with Crippen LogP contribution in [0.2, 0.25) is 0 Å². The minimum atomic E-state index is 0.442. The molecule has 0 heterocycles. The Kier molecular flexibility index (Phi) is 5.48. The van der Waals surface area contributed by atoms with Crippen molar-refractivity contribution in [3.05, 3.63) is 54.1 Å². The molecule has 1 N–H and O–H groups in total. The first-order chi connectivity index (χ1) is 10.3. The summed E-state index contributed by atoms with van der Waals surface area (Å²) < 4.78 is 10.9. The average Bonchev–Trinajstić information content (AvgIpc) is 2.54. The van der Waals surface area contributed by atoms with Crippen LogP contribution in [-0.2, 0) is 6.42 Å². The zero-order valence-corrected chi connectivity index (χ0v) is 12.0. The van der Waals surface area contributed by atoms with Gasteiger partial charge in [-0.05, 0) is 29.8 Å². The maximum Gasteiger partial charge on any atom is 0.161 e. The van der Waals surface area contributed by atoms with Gasteiger partial charge in [-0.25, -0.2) is 0 Å². The van der Waals surface area contributed by atoms with Crippen LogP contribution < -0.4 is 14.8 Å². The number of nitrogens with one attached hydrogen (secondary N) is 1. The molecule has 0 saturated carbocycles. The predicted molar refractivity (Wildman–Crippen MR) is 82.7 cm³/mol. The van der Waals surface area contributed by atoms with E-state index in [1.807, 2.05) is 48.5 Å². The van der Waals surface area contributed by atoms with Gasteiger partial charge in [0.15, 0.2) is 11.5 Å². The molecule has 0 aliphatic rings. The molecule has 0 amide bonds. The Morgan fingerprint density at radius 1 is 1.05 bits per heavy atom. The molecule has 0 bridgehead atoms. The Morgan fingerprint density at radius 3 is 2.43 bits per heavy atom. The van der Waals surface area contributed by atoms with Gasteiger partial charge in [0.1, 0.15) is 6.61 Å². The van der Waals surface area contributed by atoms with E-state index >= 15 is 0 Å². The van der Waals surface area contributed by atoms with Crippen molar-refractivity contribution >= 4 is 5.69 Å². The molecule has 2 aromatic rings.